The predicted molar refractivity (Wildman–Crippen MR) is 90.9 cm³/mol. The van der Waals surface area contributed by atoms with Gasteiger partial charge in [0.2, 0.25) is 0 Å². The van der Waals surface area contributed by atoms with Crippen LogP contribution in [-0.4, -0.2) is 17.2 Å². The Morgan fingerprint density at radius 1 is 0.950 bits per heavy atom. The number of nitrogens with one attached hydrogen (secondary N) is 2. The largest absolute Gasteiger partial charge is 0.360 e. The normalized spacial score (nSPS) is 38.2. The molecule has 2 nitrogen and oxygen atoms in total. The molecule has 0 aromatic heterocycles. The SMILES string of the molecule is CCC1CCCC(C)C1NC(=S)NC1CCCCC1C. The lowest BCUT2D eigenvalue weighted by Gasteiger charge is -2.38. The summed E-state index contributed by atoms with van der Waals surface area (Å²) in [5.74, 6) is 2.30. The first-order valence-corrected chi connectivity index (χ1v) is 9.09. The van der Waals surface area contributed by atoms with E-state index >= 15 is 0 Å². The van der Waals surface area contributed by atoms with Crippen LogP contribution in [-0.2, 0) is 0 Å². The molecule has 2 aliphatic carbocycles. The topological polar surface area (TPSA) is 24.1 Å². The van der Waals surface area contributed by atoms with Gasteiger partial charge < -0.3 is 10.6 Å². The van der Waals surface area contributed by atoms with Crippen LogP contribution in [0.4, 0.5) is 0 Å². The van der Waals surface area contributed by atoms with Gasteiger partial charge in [0.1, 0.15) is 0 Å². The van der Waals surface area contributed by atoms with Crippen LogP contribution < -0.4 is 10.6 Å². The minimum absolute atomic E-state index is 0.577. The minimum atomic E-state index is 0.577. The molecule has 0 aliphatic heterocycles. The van der Waals surface area contributed by atoms with Crippen molar-refractivity contribution in [3.63, 3.8) is 0 Å². The van der Waals surface area contributed by atoms with Gasteiger partial charge in [0.25, 0.3) is 0 Å². The van der Waals surface area contributed by atoms with Crippen LogP contribution in [0.15, 0.2) is 0 Å². The predicted octanol–water partition coefficient (Wildman–Crippen LogP) is 4.24. The highest BCUT2D eigenvalue weighted by molar-refractivity contribution is 7.80. The molecule has 2 saturated carbocycles. The molecule has 0 heterocycles. The van der Waals surface area contributed by atoms with Gasteiger partial charge in [0.05, 0.1) is 0 Å². The molecular weight excluding hydrogens is 264 g/mol. The molecule has 0 aromatic rings. The third kappa shape index (κ3) is 4.09. The van der Waals surface area contributed by atoms with E-state index in [9.17, 15) is 0 Å². The van der Waals surface area contributed by atoms with Gasteiger partial charge in [0, 0.05) is 12.1 Å². The van der Waals surface area contributed by atoms with E-state index in [0.29, 0.717) is 12.1 Å². The van der Waals surface area contributed by atoms with Gasteiger partial charge in [-0.25, -0.2) is 0 Å². The maximum absolute atomic E-state index is 5.60. The third-order valence-corrected chi connectivity index (χ3v) is 5.84. The Balaban J connectivity index is 1.85. The molecule has 0 saturated heterocycles. The van der Waals surface area contributed by atoms with Crippen molar-refractivity contribution >= 4 is 17.3 Å². The van der Waals surface area contributed by atoms with Gasteiger partial charge in [-0.1, -0.05) is 46.5 Å². The quantitative estimate of drug-likeness (QED) is 0.762. The van der Waals surface area contributed by atoms with Crippen molar-refractivity contribution < 1.29 is 0 Å². The Morgan fingerprint density at radius 2 is 1.65 bits per heavy atom. The zero-order valence-electron chi connectivity index (χ0n) is 13.5. The second-order valence-corrected chi connectivity index (χ2v) is 7.50. The van der Waals surface area contributed by atoms with Crippen LogP contribution in [0.2, 0.25) is 0 Å². The van der Waals surface area contributed by atoms with Crippen LogP contribution in [0.25, 0.3) is 0 Å². The first kappa shape index (κ1) is 16.1. The molecule has 0 aromatic carbocycles. The molecule has 5 unspecified atom stereocenters. The fraction of sp³-hybridized carbons (Fsp3) is 0.941. The summed E-state index contributed by atoms with van der Waals surface area (Å²) in [6.45, 7) is 7.06. The van der Waals surface area contributed by atoms with Crippen LogP contribution in [0.1, 0.15) is 72.1 Å². The lowest BCUT2D eigenvalue weighted by atomic mass is 9.76. The molecule has 2 fully saturated rings. The van der Waals surface area contributed by atoms with Crippen molar-refractivity contribution in [3.05, 3.63) is 0 Å². The van der Waals surface area contributed by atoms with E-state index in [1.807, 2.05) is 0 Å². The molecule has 2 rings (SSSR count). The monoisotopic (exact) mass is 296 g/mol. The molecule has 0 radical (unpaired) electrons. The average molecular weight is 297 g/mol. The van der Waals surface area contributed by atoms with E-state index in [2.05, 4.69) is 31.4 Å². The van der Waals surface area contributed by atoms with E-state index in [1.54, 1.807) is 0 Å². The van der Waals surface area contributed by atoms with E-state index in [-0.39, 0.29) is 0 Å². The number of hydrogen-bond acceptors (Lipinski definition) is 1. The van der Waals surface area contributed by atoms with Gasteiger partial charge >= 0.3 is 0 Å². The van der Waals surface area contributed by atoms with Gasteiger partial charge in [-0.3, -0.25) is 0 Å². The fourth-order valence-corrected chi connectivity index (χ4v) is 4.42. The Hall–Kier alpha value is -0.310. The van der Waals surface area contributed by atoms with Crippen molar-refractivity contribution in [2.24, 2.45) is 17.8 Å². The third-order valence-electron chi connectivity index (χ3n) is 5.61. The van der Waals surface area contributed by atoms with Crippen molar-refractivity contribution in [1.82, 2.24) is 10.6 Å². The molecule has 20 heavy (non-hydrogen) atoms. The van der Waals surface area contributed by atoms with Crippen LogP contribution in [0, 0.1) is 17.8 Å². The first-order chi connectivity index (χ1) is 9.61. The number of thiocarbonyl (C=S) groups is 1. The smallest absolute Gasteiger partial charge is 0.166 e. The highest BCUT2D eigenvalue weighted by Crippen LogP contribution is 2.31. The summed E-state index contributed by atoms with van der Waals surface area (Å²) in [5, 5.41) is 8.16. The molecule has 5 atom stereocenters. The molecule has 2 N–H and O–H groups in total. The van der Waals surface area contributed by atoms with Gasteiger partial charge in [-0.15, -0.1) is 0 Å². The zero-order valence-corrected chi connectivity index (χ0v) is 14.3. The Labute approximate surface area is 130 Å². The van der Waals surface area contributed by atoms with Crippen LogP contribution >= 0.6 is 12.2 Å². The molecule has 116 valence electrons. The first-order valence-electron chi connectivity index (χ1n) is 8.68. The summed E-state index contributed by atoms with van der Waals surface area (Å²) >= 11 is 5.60. The second-order valence-electron chi connectivity index (χ2n) is 7.09. The fourth-order valence-electron chi connectivity index (χ4n) is 4.14. The molecule has 3 heteroatoms. The van der Waals surface area contributed by atoms with Crippen molar-refractivity contribution in [1.29, 1.82) is 0 Å². The summed E-state index contributed by atoms with van der Waals surface area (Å²) in [7, 11) is 0. The van der Waals surface area contributed by atoms with Crippen molar-refractivity contribution in [2.75, 3.05) is 0 Å². The summed E-state index contributed by atoms with van der Waals surface area (Å²) < 4.78 is 0. The summed E-state index contributed by atoms with van der Waals surface area (Å²) in [6.07, 6.45) is 10.7. The number of hydrogen-bond donors (Lipinski definition) is 2. The Bertz CT molecular complexity index is 318. The van der Waals surface area contributed by atoms with Crippen LogP contribution in [0.3, 0.4) is 0 Å². The van der Waals surface area contributed by atoms with Crippen LogP contribution in [0.5, 0.6) is 0 Å². The maximum atomic E-state index is 5.60. The van der Waals surface area contributed by atoms with E-state index < -0.39 is 0 Å². The van der Waals surface area contributed by atoms with Gasteiger partial charge in [-0.05, 0) is 55.7 Å². The zero-order chi connectivity index (χ0) is 14.5. The van der Waals surface area contributed by atoms with Crippen molar-refractivity contribution in [3.8, 4) is 0 Å². The average Bonchev–Trinajstić information content (AvgIpc) is 2.43. The molecule has 0 spiro atoms. The Morgan fingerprint density at radius 3 is 2.35 bits per heavy atom. The second kappa shape index (κ2) is 7.63. The van der Waals surface area contributed by atoms with E-state index in [4.69, 9.17) is 12.2 Å². The molecule has 2 aliphatic rings. The Kier molecular flexibility index (Phi) is 6.13. The van der Waals surface area contributed by atoms with E-state index in [0.717, 1.165) is 22.9 Å². The molecule has 0 bridgehead atoms. The summed E-state index contributed by atoms with van der Waals surface area (Å²) in [6, 6.07) is 1.16. The highest BCUT2D eigenvalue weighted by atomic mass is 32.1. The van der Waals surface area contributed by atoms with E-state index in [1.165, 1.54) is 51.4 Å². The summed E-state index contributed by atoms with van der Waals surface area (Å²) in [4.78, 5) is 0. The summed E-state index contributed by atoms with van der Waals surface area (Å²) in [5.41, 5.74) is 0. The van der Waals surface area contributed by atoms with Crippen molar-refractivity contribution in [2.45, 2.75) is 84.2 Å². The van der Waals surface area contributed by atoms with Gasteiger partial charge in [0.15, 0.2) is 5.11 Å². The standard InChI is InChI=1S/C17H32N2S/c1-4-14-10-7-9-13(3)16(14)19-17(20)18-15-11-6-5-8-12(15)2/h12-16H,4-11H2,1-3H3,(H2,18,19,20). The highest BCUT2D eigenvalue weighted by Gasteiger charge is 2.30. The van der Waals surface area contributed by atoms with Gasteiger partial charge in [-0.2, -0.15) is 0 Å². The maximum Gasteiger partial charge on any atom is 0.166 e. The minimum Gasteiger partial charge on any atom is -0.360 e. The molecular formula is C17H32N2S. The molecule has 0 amide bonds. The lowest BCUT2D eigenvalue weighted by molar-refractivity contribution is 0.209. The lowest BCUT2D eigenvalue weighted by Crippen LogP contribution is -2.53. The number of rotatable bonds is 3.